The van der Waals surface area contributed by atoms with E-state index in [1.54, 1.807) is 14.2 Å². The van der Waals surface area contributed by atoms with Crippen molar-refractivity contribution < 1.29 is 64.9 Å². The lowest BCUT2D eigenvalue weighted by molar-refractivity contribution is -0.401. The van der Waals surface area contributed by atoms with Gasteiger partial charge in [0.25, 0.3) is 0 Å². The standard InChI is InChI=1S/C14H14N2O4S2.C10H20N2O6S2.C9H6N2OS.CH4/c1-19-8-2-3-9-11(6-8)22-13(15-9)12-16-10(7-21-12)14(18)20-5-4-17;11-7(9(15)17-3-1-13)5-19-20-6-8(12)10(16)18-4-2-14;1-12-6-2-3-7-8(4-6)13-9(5-10)11-7;/h2-3,6,10,17H,4-5,7H2,1H3;7-8,13-14H,1-6,11-12H2;2-4H,1H3;1H4/p+2/t10-;;;/m1.../s1. The van der Waals surface area contributed by atoms with E-state index in [1.165, 1.54) is 56.0 Å². The van der Waals surface area contributed by atoms with Crippen LogP contribution in [0.1, 0.15) is 17.4 Å². The van der Waals surface area contributed by atoms with E-state index >= 15 is 0 Å². The van der Waals surface area contributed by atoms with Crippen molar-refractivity contribution in [1.82, 2.24) is 9.97 Å². The number of aromatic nitrogens is 2. The Morgan fingerprint density at radius 1 is 0.839 bits per heavy atom. The largest absolute Gasteiger partial charge is 0.497 e. The number of carbonyl (C=O) groups is 3. The van der Waals surface area contributed by atoms with Gasteiger partial charge in [0.15, 0.2) is 23.1 Å². The topological polar surface area (TPSA) is 275 Å². The number of quaternary nitrogens is 2. The molecule has 3 heterocycles. The molecule has 2 aromatic carbocycles. The van der Waals surface area contributed by atoms with Crippen LogP contribution in [-0.2, 0) is 28.6 Å². The second-order valence-electron chi connectivity index (χ2n) is 10.7. The minimum Gasteiger partial charge on any atom is -0.497 e. The maximum absolute atomic E-state index is 11.7. The maximum Gasteiger partial charge on any atom is 0.365 e. The minimum atomic E-state index is -0.524. The highest BCUT2D eigenvalue weighted by Crippen LogP contribution is 2.32. The van der Waals surface area contributed by atoms with Crippen molar-refractivity contribution in [3.05, 3.63) is 46.4 Å². The van der Waals surface area contributed by atoms with Gasteiger partial charge in [-0.2, -0.15) is 5.26 Å². The van der Waals surface area contributed by atoms with Crippen molar-refractivity contribution in [2.24, 2.45) is 4.99 Å². The monoisotopic (exact) mass is 874 g/mol. The summed E-state index contributed by atoms with van der Waals surface area (Å²) in [5, 5.41) is 36.4. The number of methoxy groups -OCH3 is 2. The molecule has 2 unspecified atom stereocenters. The Labute approximate surface area is 343 Å². The summed E-state index contributed by atoms with van der Waals surface area (Å²) in [5.74, 6) is 1.68. The summed E-state index contributed by atoms with van der Waals surface area (Å²) in [6.07, 6.45) is 0. The van der Waals surface area contributed by atoms with Gasteiger partial charge in [-0.1, -0.05) is 29.0 Å². The number of esters is 3. The number of hydrogen-bond acceptors (Lipinski definition) is 20. The summed E-state index contributed by atoms with van der Waals surface area (Å²) in [6, 6.07) is 11.7. The Hall–Kier alpha value is -3.76. The summed E-state index contributed by atoms with van der Waals surface area (Å²) >= 11 is 4.39. The van der Waals surface area contributed by atoms with Crippen LogP contribution >= 0.6 is 56.0 Å². The van der Waals surface area contributed by atoms with Gasteiger partial charge in [-0.3, -0.25) is 4.99 Å². The van der Waals surface area contributed by atoms with Crippen LogP contribution in [0.3, 0.4) is 0 Å². The third kappa shape index (κ3) is 15.6. The molecular formula is C34H46N6O11S5+2. The van der Waals surface area contributed by atoms with Gasteiger partial charge < -0.3 is 50.5 Å². The Morgan fingerprint density at radius 2 is 1.34 bits per heavy atom. The molecule has 9 N–H and O–H groups in total. The van der Waals surface area contributed by atoms with Gasteiger partial charge in [0.05, 0.1) is 66.0 Å². The summed E-state index contributed by atoms with van der Waals surface area (Å²) in [7, 11) is 6.02. The molecule has 0 radical (unpaired) electrons. The number of benzene rings is 2. The average molecular weight is 875 g/mol. The highest BCUT2D eigenvalue weighted by Gasteiger charge is 2.28. The molecule has 0 bridgehead atoms. The lowest BCUT2D eigenvalue weighted by Crippen LogP contribution is -2.67. The van der Waals surface area contributed by atoms with E-state index in [-0.39, 0.29) is 47.1 Å². The first-order valence-corrected chi connectivity index (χ1v) is 21.4. The van der Waals surface area contributed by atoms with Crippen LogP contribution in [0.5, 0.6) is 11.5 Å². The van der Waals surface area contributed by atoms with Gasteiger partial charge in [-0.25, -0.2) is 24.4 Å². The minimum absolute atomic E-state index is 0. The SMILES string of the molecule is C.COc1ccc2nc(C#N)sc2c1.COc1ccc2nc(C3=N[C@@H](C(=O)OCCO)CS3)sc2c1.[NH3+]C(CSSCC([NH3+])C(=O)OCCO)C(=O)OCCO. The molecule has 22 heteroatoms. The molecule has 306 valence electrons. The van der Waals surface area contributed by atoms with Gasteiger partial charge in [-0.05, 0) is 36.4 Å². The summed E-state index contributed by atoms with van der Waals surface area (Å²) in [4.78, 5) is 47.4. The van der Waals surface area contributed by atoms with Crippen LogP contribution in [0, 0.1) is 11.3 Å². The van der Waals surface area contributed by atoms with E-state index in [2.05, 4.69) is 26.4 Å². The fourth-order valence-corrected chi connectivity index (χ4v) is 9.21. The van der Waals surface area contributed by atoms with Crippen molar-refractivity contribution >= 4 is 99.4 Å². The van der Waals surface area contributed by atoms with Gasteiger partial charge >= 0.3 is 17.9 Å². The number of nitrogens with zero attached hydrogens (tertiary/aromatic N) is 4. The first-order valence-electron chi connectivity index (χ1n) is 16.3. The number of ether oxygens (including phenoxy) is 5. The number of fused-ring (bicyclic) bond motifs is 2. The van der Waals surface area contributed by atoms with Crippen LogP contribution in [-0.4, -0.2) is 137 Å². The quantitative estimate of drug-likeness (QED) is 0.0431. The zero-order chi connectivity index (χ0) is 40.2. The van der Waals surface area contributed by atoms with E-state index in [9.17, 15) is 14.4 Å². The molecule has 0 aliphatic carbocycles. The fraction of sp³-hybridized carbons (Fsp3) is 0.441. The van der Waals surface area contributed by atoms with Gasteiger partial charge in [0.2, 0.25) is 0 Å². The van der Waals surface area contributed by atoms with Gasteiger partial charge in [0.1, 0.15) is 47.4 Å². The molecule has 5 rings (SSSR count). The third-order valence-corrected chi connectivity index (χ3v) is 12.4. The van der Waals surface area contributed by atoms with Crippen LogP contribution in [0.25, 0.3) is 20.4 Å². The summed E-state index contributed by atoms with van der Waals surface area (Å²) in [6.45, 7) is -0.646. The second kappa shape index (κ2) is 26.2. The van der Waals surface area contributed by atoms with Crippen molar-refractivity contribution in [3.63, 3.8) is 0 Å². The van der Waals surface area contributed by atoms with Crippen molar-refractivity contribution in [2.45, 2.75) is 25.6 Å². The first kappa shape index (κ1) is 48.4. The van der Waals surface area contributed by atoms with E-state index in [0.29, 0.717) is 22.3 Å². The molecule has 2 aromatic heterocycles. The van der Waals surface area contributed by atoms with Crippen molar-refractivity contribution in [1.29, 1.82) is 5.26 Å². The molecule has 0 saturated heterocycles. The number of aliphatic hydroxyl groups excluding tert-OH is 3. The smallest absolute Gasteiger partial charge is 0.365 e. The Bertz CT molecular complexity index is 1890. The highest BCUT2D eigenvalue weighted by molar-refractivity contribution is 8.76. The lowest BCUT2D eigenvalue weighted by atomic mass is 10.3. The predicted octanol–water partition coefficient (Wildman–Crippen LogP) is 1.17. The van der Waals surface area contributed by atoms with E-state index in [0.717, 1.165) is 42.0 Å². The number of thiazole rings is 2. The summed E-state index contributed by atoms with van der Waals surface area (Å²) < 4.78 is 26.6. The third-order valence-electron chi connectivity index (χ3n) is 6.69. The summed E-state index contributed by atoms with van der Waals surface area (Å²) in [5.41, 5.74) is 9.05. The Morgan fingerprint density at radius 3 is 1.84 bits per heavy atom. The highest BCUT2D eigenvalue weighted by atomic mass is 33.1. The zero-order valence-electron chi connectivity index (χ0n) is 29.9. The van der Waals surface area contributed by atoms with Crippen LogP contribution in [0.4, 0.5) is 0 Å². The Kier molecular flexibility index (Phi) is 22.7. The zero-order valence-corrected chi connectivity index (χ0v) is 34.0. The maximum atomic E-state index is 11.7. The van der Waals surface area contributed by atoms with Crippen molar-refractivity contribution in [3.8, 4) is 17.6 Å². The van der Waals surface area contributed by atoms with Crippen LogP contribution in [0.2, 0.25) is 0 Å². The molecule has 0 saturated carbocycles. The molecule has 1 aliphatic heterocycles. The number of aliphatic hydroxyl groups is 3. The van der Waals surface area contributed by atoms with Crippen molar-refractivity contribution in [2.75, 3.05) is 71.1 Å². The van der Waals surface area contributed by atoms with E-state index in [1.807, 2.05) is 42.5 Å². The molecule has 17 nitrogen and oxygen atoms in total. The molecule has 3 atom stereocenters. The van der Waals surface area contributed by atoms with Gasteiger partial charge in [-0.15, -0.1) is 34.4 Å². The number of hydrogen-bond donors (Lipinski definition) is 5. The second-order valence-corrected chi connectivity index (χ2v) is 16.3. The molecule has 4 aromatic rings. The van der Waals surface area contributed by atoms with E-state index in [4.69, 9.17) is 44.3 Å². The Balaban J connectivity index is 0.000000296. The molecule has 0 amide bonds. The molecule has 0 spiro atoms. The average Bonchev–Trinajstić information content (AvgIpc) is 3.98. The molecule has 56 heavy (non-hydrogen) atoms. The molecule has 0 fully saturated rings. The number of nitriles is 1. The predicted molar refractivity (Wildman–Crippen MR) is 219 cm³/mol. The fourth-order valence-electron chi connectivity index (χ4n) is 3.98. The van der Waals surface area contributed by atoms with Crippen LogP contribution in [0.15, 0.2) is 41.4 Å². The first-order chi connectivity index (χ1) is 26.6. The lowest BCUT2D eigenvalue weighted by Gasteiger charge is -2.09. The van der Waals surface area contributed by atoms with E-state index < -0.39 is 36.0 Å². The number of aliphatic imine (C=N–C) groups is 1. The number of rotatable bonds is 17. The molecular weight excluding hydrogens is 829 g/mol. The van der Waals surface area contributed by atoms with Crippen LogP contribution < -0.4 is 20.9 Å². The number of thioether (sulfide) groups is 1. The van der Waals surface area contributed by atoms with Gasteiger partial charge in [0, 0.05) is 5.75 Å². The molecule has 1 aliphatic rings. The normalized spacial score (nSPS) is 14.0. The number of carbonyl (C=O) groups excluding carboxylic acids is 3.